The van der Waals surface area contributed by atoms with Gasteiger partial charge in [-0.25, -0.2) is 0 Å². The van der Waals surface area contributed by atoms with Crippen LogP contribution in [-0.4, -0.2) is 29.8 Å². The molecule has 0 spiro atoms. The van der Waals surface area contributed by atoms with Crippen molar-refractivity contribution in [1.29, 1.82) is 0 Å². The van der Waals surface area contributed by atoms with Gasteiger partial charge in [0.2, 0.25) is 5.91 Å². The molecule has 1 amide bonds. The van der Waals surface area contributed by atoms with Crippen LogP contribution < -0.4 is 10.1 Å². The fraction of sp³-hybridized carbons (Fsp3) is 0.533. The average molecular weight is 332 g/mol. The van der Waals surface area contributed by atoms with Crippen LogP contribution >= 0.6 is 23.2 Å². The van der Waals surface area contributed by atoms with Gasteiger partial charge in [0.05, 0.1) is 17.2 Å². The largest absolute Gasteiger partial charge is 0.492 e. The van der Waals surface area contributed by atoms with E-state index in [1.807, 2.05) is 0 Å². The van der Waals surface area contributed by atoms with Gasteiger partial charge in [0.15, 0.2) is 0 Å². The summed E-state index contributed by atoms with van der Waals surface area (Å²) in [5.41, 5.74) is -0.680. The molecule has 21 heavy (non-hydrogen) atoms. The molecule has 4 nitrogen and oxygen atoms in total. The Morgan fingerprint density at radius 2 is 2.14 bits per heavy atom. The molecule has 116 valence electrons. The second-order valence-corrected chi connectivity index (χ2v) is 6.14. The lowest BCUT2D eigenvalue weighted by atomic mass is 9.80. The van der Waals surface area contributed by atoms with Gasteiger partial charge in [-0.3, -0.25) is 4.79 Å². The molecule has 0 radical (unpaired) electrons. The maximum Gasteiger partial charge on any atom is 0.220 e. The highest BCUT2D eigenvalue weighted by Crippen LogP contribution is 2.32. The molecule has 0 saturated heterocycles. The third-order valence-electron chi connectivity index (χ3n) is 3.62. The first-order valence-electron chi connectivity index (χ1n) is 7.06. The average Bonchev–Trinajstić information content (AvgIpc) is 2.43. The Morgan fingerprint density at radius 3 is 2.81 bits per heavy atom. The van der Waals surface area contributed by atoms with Crippen molar-refractivity contribution in [3.63, 3.8) is 0 Å². The molecule has 0 atom stereocenters. The summed E-state index contributed by atoms with van der Waals surface area (Å²) < 4.78 is 5.50. The minimum absolute atomic E-state index is 0.0730. The van der Waals surface area contributed by atoms with Crippen LogP contribution in [0.1, 0.15) is 32.1 Å². The number of halogens is 2. The number of amides is 1. The van der Waals surface area contributed by atoms with Gasteiger partial charge in [-0.1, -0.05) is 29.3 Å². The van der Waals surface area contributed by atoms with Crippen LogP contribution in [0.5, 0.6) is 5.75 Å². The lowest BCUT2D eigenvalue weighted by Gasteiger charge is -2.36. The molecule has 1 fully saturated rings. The number of benzene rings is 1. The van der Waals surface area contributed by atoms with Crippen molar-refractivity contribution < 1.29 is 14.6 Å². The summed E-state index contributed by atoms with van der Waals surface area (Å²) in [5.74, 6) is 0.449. The van der Waals surface area contributed by atoms with E-state index < -0.39 is 5.60 Å². The topological polar surface area (TPSA) is 58.6 Å². The van der Waals surface area contributed by atoms with Gasteiger partial charge in [-0.05, 0) is 37.8 Å². The second kappa shape index (κ2) is 7.34. The van der Waals surface area contributed by atoms with Gasteiger partial charge in [-0.2, -0.15) is 0 Å². The van der Waals surface area contributed by atoms with Crippen molar-refractivity contribution in [2.75, 3.05) is 13.2 Å². The van der Waals surface area contributed by atoms with E-state index in [2.05, 4.69) is 5.32 Å². The number of carbonyl (C=O) groups is 1. The Kier molecular flexibility index (Phi) is 5.73. The highest BCUT2D eigenvalue weighted by Gasteiger charge is 2.34. The zero-order valence-corrected chi connectivity index (χ0v) is 13.2. The van der Waals surface area contributed by atoms with Crippen molar-refractivity contribution >= 4 is 29.1 Å². The molecule has 0 bridgehead atoms. The van der Waals surface area contributed by atoms with Gasteiger partial charge in [0.25, 0.3) is 0 Å². The number of hydrogen-bond donors (Lipinski definition) is 2. The van der Waals surface area contributed by atoms with Crippen LogP contribution in [0.15, 0.2) is 18.2 Å². The molecule has 0 aliphatic heterocycles. The lowest BCUT2D eigenvalue weighted by molar-refractivity contribution is -0.123. The van der Waals surface area contributed by atoms with Crippen LogP contribution in [0, 0.1) is 0 Å². The third-order valence-corrected chi connectivity index (χ3v) is 4.42. The predicted molar refractivity (Wildman–Crippen MR) is 83.0 cm³/mol. The minimum Gasteiger partial charge on any atom is -0.492 e. The van der Waals surface area contributed by atoms with Gasteiger partial charge >= 0.3 is 0 Å². The zero-order chi connectivity index (χ0) is 15.3. The van der Waals surface area contributed by atoms with Crippen LogP contribution in [0.25, 0.3) is 0 Å². The maximum absolute atomic E-state index is 11.6. The van der Waals surface area contributed by atoms with E-state index in [9.17, 15) is 9.90 Å². The van der Waals surface area contributed by atoms with E-state index in [1.54, 1.807) is 18.2 Å². The van der Waals surface area contributed by atoms with Crippen LogP contribution in [0.4, 0.5) is 0 Å². The molecule has 2 N–H and O–H groups in total. The second-order valence-electron chi connectivity index (χ2n) is 5.36. The van der Waals surface area contributed by atoms with Crippen molar-refractivity contribution in [1.82, 2.24) is 5.32 Å². The number of rotatable bonds is 7. The molecule has 1 aliphatic rings. The summed E-state index contributed by atoms with van der Waals surface area (Å²) in [4.78, 5) is 11.6. The Labute approximate surface area is 134 Å². The molecule has 2 rings (SSSR count). The number of aliphatic hydroxyl groups is 1. The maximum atomic E-state index is 11.6. The first-order valence-corrected chi connectivity index (χ1v) is 7.82. The third kappa shape index (κ3) is 4.77. The van der Waals surface area contributed by atoms with Crippen LogP contribution in [-0.2, 0) is 4.79 Å². The fourth-order valence-corrected chi connectivity index (χ4v) is 2.47. The Hall–Kier alpha value is -0.970. The normalized spacial score (nSPS) is 16.1. The van der Waals surface area contributed by atoms with Crippen molar-refractivity contribution in [3.05, 3.63) is 28.2 Å². The minimum atomic E-state index is -0.680. The summed E-state index contributed by atoms with van der Waals surface area (Å²) in [7, 11) is 0. The molecule has 0 aromatic heterocycles. The standard InChI is InChI=1S/C15H19Cl2NO3/c16-11-4-1-5-12(14(11)17)21-9-2-6-13(19)18-10-15(20)7-3-8-15/h1,4-5,20H,2-3,6-10H2,(H,18,19). The van der Waals surface area contributed by atoms with Gasteiger partial charge in [0.1, 0.15) is 10.8 Å². The van der Waals surface area contributed by atoms with Gasteiger partial charge in [-0.15, -0.1) is 0 Å². The van der Waals surface area contributed by atoms with Crippen molar-refractivity contribution in [2.45, 2.75) is 37.7 Å². The van der Waals surface area contributed by atoms with Crippen molar-refractivity contribution in [2.24, 2.45) is 0 Å². The smallest absolute Gasteiger partial charge is 0.220 e. The SMILES string of the molecule is O=C(CCCOc1cccc(Cl)c1Cl)NCC1(O)CCC1. The quantitative estimate of drug-likeness (QED) is 0.754. The molecule has 1 aromatic carbocycles. The highest BCUT2D eigenvalue weighted by molar-refractivity contribution is 6.42. The number of nitrogens with one attached hydrogen (secondary N) is 1. The van der Waals surface area contributed by atoms with Gasteiger partial charge in [0, 0.05) is 13.0 Å². The Morgan fingerprint density at radius 1 is 1.38 bits per heavy atom. The number of carbonyl (C=O) groups excluding carboxylic acids is 1. The molecule has 0 unspecified atom stereocenters. The fourth-order valence-electron chi connectivity index (χ4n) is 2.12. The molecular weight excluding hydrogens is 313 g/mol. The first-order chi connectivity index (χ1) is 10.0. The van der Waals surface area contributed by atoms with E-state index in [0.717, 1.165) is 19.3 Å². The lowest BCUT2D eigenvalue weighted by Crippen LogP contribution is -2.47. The number of ether oxygens (including phenoxy) is 1. The summed E-state index contributed by atoms with van der Waals surface area (Å²) in [5, 5.41) is 13.5. The van der Waals surface area contributed by atoms with Crippen LogP contribution in [0.2, 0.25) is 10.0 Å². The van der Waals surface area contributed by atoms with Crippen LogP contribution in [0.3, 0.4) is 0 Å². The summed E-state index contributed by atoms with van der Waals surface area (Å²) in [6.07, 6.45) is 3.50. The summed E-state index contributed by atoms with van der Waals surface area (Å²) in [6.45, 7) is 0.727. The first kappa shape index (κ1) is 16.4. The monoisotopic (exact) mass is 331 g/mol. The Balaban J connectivity index is 1.63. The summed E-state index contributed by atoms with van der Waals surface area (Å²) in [6, 6.07) is 5.19. The van der Waals surface area contributed by atoms with E-state index in [0.29, 0.717) is 41.8 Å². The number of hydrogen-bond acceptors (Lipinski definition) is 3. The van der Waals surface area contributed by atoms with E-state index >= 15 is 0 Å². The molecule has 1 saturated carbocycles. The predicted octanol–water partition coefficient (Wildman–Crippen LogP) is 3.18. The van der Waals surface area contributed by atoms with Crippen molar-refractivity contribution in [3.8, 4) is 5.75 Å². The molecular formula is C15H19Cl2NO3. The van der Waals surface area contributed by atoms with Gasteiger partial charge < -0.3 is 15.2 Å². The van der Waals surface area contributed by atoms with E-state index in [4.69, 9.17) is 27.9 Å². The zero-order valence-electron chi connectivity index (χ0n) is 11.7. The molecule has 6 heteroatoms. The van der Waals surface area contributed by atoms with E-state index in [1.165, 1.54) is 0 Å². The summed E-state index contributed by atoms with van der Waals surface area (Å²) >= 11 is 11.9. The molecule has 1 aromatic rings. The highest BCUT2D eigenvalue weighted by atomic mass is 35.5. The molecule has 1 aliphatic carbocycles. The van der Waals surface area contributed by atoms with E-state index in [-0.39, 0.29) is 5.91 Å². The Bertz CT molecular complexity index is 504. The molecule has 0 heterocycles.